The van der Waals surface area contributed by atoms with E-state index in [0.29, 0.717) is 33.8 Å². The number of methoxy groups -OCH3 is 2. The van der Waals surface area contributed by atoms with Crippen molar-refractivity contribution in [1.82, 2.24) is 5.32 Å². The lowest BCUT2D eigenvalue weighted by Gasteiger charge is -2.26. The van der Waals surface area contributed by atoms with Gasteiger partial charge < -0.3 is 14.8 Å². The monoisotopic (exact) mass is 582 g/mol. The van der Waals surface area contributed by atoms with Crippen molar-refractivity contribution in [3.63, 3.8) is 0 Å². The van der Waals surface area contributed by atoms with Crippen molar-refractivity contribution in [2.45, 2.75) is 17.6 Å². The quantitative estimate of drug-likeness (QED) is 0.281. The number of thioether (sulfide) groups is 1. The first-order valence-electron chi connectivity index (χ1n) is 11.3. The number of nitrogens with one attached hydrogen (secondary N) is 1. The highest BCUT2D eigenvalue weighted by molar-refractivity contribution is 7.98. The summed E-state index contributed by atoms with van der Waals surface area (Å²) >= 11 is 13.7. The first-order valence-corrected chi connectivity index (χ1v) is 14.6. The molecule has 0 fully saturated rings. The lowest BCUT2D eigenvalue weighted by molar-refractivity contribution is -0.119. The summed E-state index contributed by atoms with van der Waals surface area (Å²) < 4.78 is 39.0. The Labute approximate surface area is 232 Å². The molecule has 0 bridgehead atoms. The number of ether oxygens (including phenoxy) is 2. The Hall–Kier alpha value is -2.59. The number of aryl methyl sites for hydroxylation is 1. The van der Waals surface area contributed by atoms with Gasteiger partial charge in [-0.3, -0.25) is 9.10 Å². The maximum absolute atomic E-state index is 13.6. The van der Waals surface area contributed by atoms with E-state index in [1.54, 1.807) is 54.2 Å². The standard InChI is InChI=1S/C26H28Cl2N2O5S2/c1-18-4-9-22(10-5-18)37(32,33)30(24-11-8-21(34-2)15-25(24)35-3)16-26(31)29-12-13-36-17-19-6-7-20(27)14-23(19)28/h4-11,14-15H,12-13,16-17H2,1-3H3,(H,29,31). The van der Waals surface area contributed by atoms with Gasteiger partial charge in [0.1, 0.15) is 18.0 Å². The maximum Gasteiger partial charge on any atom is 0.264 e. The van der Waals surface area contributed by atoms with Crippen LogP contribution in [0.5, 0.6) is 11.5 Å². The summed E-state index contributed by atoms with van der Waals surface area (Å²) in [5.41, 5.74) is 2.10. The molecule has 0 heterocycles. The van der Waals surface area contributed by atoms with Gasteiger partial charge in [-0.1, -0.05) is 47.0 Å². The Morgan fingerprint density at radius 1 is 1.00 bits per heavy atom. The van der Waals surface area contributed by atoms with Crippen molar-refractivity contribution in [2.75, 3.05) is 37.4 Å². The van der Waals surface area contributed by atoms with Crippen LogP contribution in [0.15, 0.2) is 65.6 Å². The zero-order valence-electron chi connectivity index (χ0n) is 20.7. The minimum Gasteiger partial charge on any atom is -0.497 e. The SMILES string of the molecule is COc1ccc(N(CC(=O)NCCSCc2ccc(Cl)cc2Cl)S(=O)(=O)c2ccc(C)cc2)c(OC)c1. The molecular weight excluding hydrogens is 555 g/mol. The molecular formula is C26H28Cl2N2O5S2. The van der Waals surface area contributed by atoms with Crippen molar-refractivity contribution in [1.29, 1.82) is 0 Å². The summed E-state index contributed by atoms with van der Waals surface area (Å²) in [7, 11) is -1.15. The number of amides is 1. The molecule has 1 amide bonds. The summed E-state index contributed by atoms with van der Waals surface area (Å²) in [6.07, 6.45) is 0. The van der Waals surface area contributed by atoms with Gasteiger partial charge in [0.2, 0.25) is 5.91 Å². The molecule has 0 saturated carbocycles. The molecule has 0 aromatic heterocycles. The Kier molecular flexibility index (Phi) is 10.4. The minimum atomic E-state index is -4.08. The Morgan fingerprint density at radius 3 is 2.38 bits per heavy atom. The van der Waals surface area contributed by atoms with Gasteiger partial charge in [-0.2, -0.15) is 11.8 Å². The zero-order valence-corrected chi connectivity index (χ0v) is 23.8. The second kappa shape index (κ2) is 13.3. The van der Waals surface area contributed by atoms with E-state index in [1.807, 2.05) is 13.0 Å². The smallest absolute Gasteiger partial charge is 0.264 e. The van der Waals surface area contributed by atoms with Crippen LogP contribution >= 0.6 is 35.0 Å². The molecule has 0 radical (unpaired) electrons. The number of carbonyl (C=O) groups excluding carboxylic acids is 1. The fourth-order valence-electron chi connectivity index (χ4n) is 3.40. The van der Waals surface area contributed by atoms with E-state index in [2.05, 4.69) is 5.32 Å². The van der Waals surface area contributed by atoms with Gasteiger partial charge in [-0.15, -0.1) is 0 Å². The molecule has 37 heavy (non-hydrogen) atoms. The third-order valence-electron chi connectivity index (χ3n) is 5.39. The van der Waals surface area contributed by atoms with E-state index in [4.69, 9.17) is 32.7 Å². The minimum absolute atomic E-state index is 0.0687. The number of sulfonamides is 1. The fourth-order valence-corrected chi connectivity index (χ4v) is 6.25. The van der Waals surface area contributed by atoms with E-state index >= 15 is 0 Å². The fraction of sp³-hybridized carbons (Fsp3) is 0.269. The van der Waals surface area contributed by atoms with Crippen molar-refractivity contribution in [3.8, 4) is 11.5 Å². The summed E-state index contributed by atoms with van der Waals surface area (Å²) in [5, 5.41) is 3.97. The predicted molar refractivity (Wildman–Crippen MR) is 151 cm³/mol. The van der Waals surface area contributed by atoms with E-state index in [9.17, 15) is 13.2 Å². The highest BCUT2D eigenvalue weighted by Gasteiger charge is 2.29. The number of rotatable bonds is 12. The van der Waals surface area contributed by atoms with E-state index in [-0.39, 0.29) is 16.3 Å². The van der Waals surface area contributed by atoms with Crippen LogP contribution in [-0.4, -0.2) is 47.4 Å². The molecule has 0 saturated heterocycles. The number of hydrogen-bond donors (Lipinski definition) is 1. The van der Waals surface area contributed by atoms with Crippen LogP contribution in [-0.2, 0) is 20.6 Å². The molecule has 3 rings (SSSR count). The molecule has 0 unspecified atom stereocenters. The number of halogens is 2. The third-order valence-corrected chi connectivity index (χ3v) is 8.76. The van der Waals surface area contributed by atoms with Crippen molar-refractivity contribution in [3.05, 3.63) is 81.8 Å². The predicted octanol–water partition coefficient (Wildman–Crippen LogP) is 5.56. The van der Waals surface area contributed by atoms with Gasteiger partial charge in [0.25, 0.3) is 10.0 Å². The van der Waals surface area contributed by atoms with Crippen LogP contribution in [0.4, 0.5) is 5.69 Å². The first kappa shape index (κ1) is 29.0. The van der Waals surface area contributed by atoms with E-state index in [0.717, 1.165) is 15.4 Å². The average Bonchev–Trinajstić information content (AvgIpc) is 2.88. The molecule has 198 valence electrons. The number of nitrogens with zero attached hydrogens (tertiary/aromatic N) is 1. The zero-order chi connectivity index (χ0) is 27.0. The second-order valence-corrected chi connectivity index (χ2v) is 11.8. The van der Waals surface area contributed by atoms with Crippen molar-refractivity contribution < 1.29 is 22.7 Å². The van der Waals surface area contributed by atoms with E-state index in [1.165, 1.54) is 26.4 Å². The van der Waals surface area contributed by atoms with Gasteiger partial charge in [-0.05, 0) is 48.9 Å². The number of benzene rings is 3. The topological polar surface area (TPSA) is 84.9 Å². The number of anilines is 1. The van der Waals surface area contributed by atoms with E-state index < -0.39 is 22.5 Å². The Bertz CT molecular complexity index is 1340. The number of carbonyl (C=O) groups is 1. The molecule has 0 aliphatic heterocycles. The molecule has 0 aliphatic rings. The van der Waals surface area contributed by atoms with Gasteiger partial charge in [0, 0.05) is 34.2 Å². The molecule has 0 atom stereocenters. The van der Waals surface area contributed by atoms with Gasteiger partial charge in [0.05, 0.1) is 24.8 Å². The summed E-state index contributed by atoms with van der Waals surface area (Å²) in [4.78, 5) is 12.9. The molecule has 3 aromatic carbocycles. The van der Waals surface area contributed by atoms with Crippen LogP contribution in [0.25, 0.3) is 0 Å². The van der Waals surface area contributed by atoms with Crippen molar-refractivity contribution in [2.24, 2.45) is 0 Å². The first-order chi connectivity index (χ1) is 17.6. The largest absolute Gasteiger partial charge is 0.497 e. The van der Waals surface area contributed by atoms with Crippen LogP contribution in [0.2, 0.25) is 10.0 Å². The Morgan fingerprint density at radius 2 is 1.73 bits per heavy atom. The lowest BCUT2D eigenvalue weighted by atomic mass is 10.2. The third kappa shape index (κ3) is 7.70. The lowest BCUT2D eigenvalue weighted by Crippen LogP contribution is -2.41. The normalized spacial score (nSPS) is 11.2. The van der Waals surface area contributed by atoms with Crippen molar-refractivity contribution >= 4 is 56.6 Å². The maximum atomic E-state index is 13.6. The second-order valence-electron chi connectivity index (χ2n) is 8.00. The molecule has 0 spiro atoms. The molecule has 0 aliphatic carbocycles. The molecule has 7 nitrogen and oxygen atoms in total. The van der Waals surface area contributed by atoms with Gasteiger partial charge in [0.15, 0.2) is 0 Å². The van der Waals surface area contributed by atoms with Crippen LogP contribution in [0, 0.1) is 6.92 Å². The highest BCUT2D eigenvalue weighted by Crippen LogP contribution is 2.35. The Balaban J connectivity index is 1.73. The molecule has 1 N–H and O–H groups in total. The van der Waals surface area contributed by atoms with Crippen LogP contribution in [0.1, 0.15) is 11.1 Å². The van der Waals surface area contributed by atoms with Gasteiger partial charge >= 0.3 is 0 Å². The highest BCUT2D eigenvalue weighted by atomic mass is 35.5. The summed E-state index contributed by atoms with van der Waals surface area (Å²) in [6, 6.07) is 16.5. The van der Waals surface area contributed by atoms with Gasteiger partial charge in [-0.25, -0.2) is 8.42 Å². The summed E-state index contributed by atoms with van der Waals surface area (Å²) in [5.74, 6) is 1.58. The molecule has 11 heteroatoms. The van der Waals surface area contributed by atoms with Crippen LogP contribution < -0.4 is 19.1 Å². The van der Waals surface area contributed by atoms with Crippen LogP contribution in [0.3, 0.4) is 0 Å². The number of hydrogen-bond acceptors (Lipinski definition) is 6. The average molecular weight is 584 g/mol. The molecule has 3 aromatic rings. The summed E-state index contributed by atoms with van der Waals surface area (Å²) in [6.45, 7) is 1.80.